The van der Waals surface area contributed by atoms with Crippen LogP contribution in [0.25, 0.3) is 0 Å². The first-order chi connectivity index (χ1) is 15.4. The molecule has 1 amide bonds. The Hall–Kier alpha value is -3.17. The van der Waals surface area contributed by atoms with Crippen LogP contribution in [0.15, 0.2) is 71.1 Å². The molecule has 2 aromatic carbocycles. The number of carbonyl (C=O) groups excluding carboxylic acids is 1. The van der Waals surface area contributed by atoms with Gasteiger partial charge in [0.05, 0.1) is 35.2 Å². The number of hydrogen-bond acceptors (Lipinski definition) is 6. The van der Waals surface area contributed by atoms with Gasteiger partial charge in [0.2, 0.25) is 10.0 Å². The van der Waals surface area contributed by atoms with Crippen LogP contribution in [0.5, 0.6) is 5.75 Å². The van der Waals surface area contributed by atoms with E-state index in [-0.39, 0.29) is 11.9 Å². The molecule has 0 aliphatic carbocycles. The second-order valence-electron chi connectivity index (χ2n) is 7.32. The zero-order valence-corrected chi connectivity index (χ0v) is 19.3. The number of ether oxygens (including phenoxy) is 1. The molecule has 0 saturated carbocycles. The highest BCUT2D eigenvalue weighted by molar-refractivity contribution is 7.92. The molecule has 1 N–H and O–H groups in total. The second-order valence-corrected chi connectivity index (χ2v) is 10.0. The van der Waals surface area contributed by atoms with Crippen molar-refractivity contribution in [2.24, 2.45) is 5.10 Å². The summed E-state index contributed by atoms with van der Waals surface area (Å²) in [5.74, 6) is 0.525. The third kappa shape index (κ3) is 4.84. The molecule has 0 bridgehead atoms. The molecule has 0 saturated heterocycles. The van der Waals surface area contributed by atoms with E-state index in [1.165, 1.54) is 16.3 Å². The maximum atomic E-state index is 13.3. The third-order valence-electron chi connectivity index (χ3n) is 4.94. The van der Waals surface area contributed by atoms with Crippen LogP contribution in [0.4, 0.5) is 5.69 Å². The number of anilines is 1. The van der Waals surface area contributed by atoms with Gasteiger partial charge in [-0.15, -0.1) is 11.3 Å². The molecule has 9 heteroatoms. The molecular weight excluding hydrogens is 446 g/mol. The van der Waals surface area contributed by atoms with Crippen LogP contribution >= 0.6 is 11.3 Å². The van der Waals surface area contributed by atoms with Crippen molar-refractivity contribution in [1.29, 1.82) is 0 Å². The summed E-state index contributed by atoms with van der Waals surface area (Å²) in [6, 6.07) is 18.0. The zero-order chi connectivity index (χ0) is 22.7. The van der Waals surface area contributed by atoms with E-state index in [1.807, 2.05) is 48.7 Å². The molecular formula is C23H23N3O4S2. The predicted molar refractivity (Wildman–Crippen MR) is 127 cm³/mol. The maximum absolute atomic E-state index is 13.3. The summed E-state index contributed by atoms with van der Waals surface area (Å²) >= 11 is 1.36. The van der Waals surface area contributed by atoms with Gasteiger partial charge >= 0.3 is 0 Å². The van der Waals surface area contributed by atoms with Crippen molar-refractivity contribution in [3.05, 3.63) is 82.0 Å². The molecule has 0 fully saturated rings. The first kappa shape index (κ1) is 22.0. The minimum Gasteiger partial charge on any atom is -0.494 e. The number of amides is 1. The molecule has 2 heterocycles. The van der Waals surface area contributed by atoms with E-state index >= 15 is 0 Å². The van der Waals surface area contributed by atoms with Gasteiger partial charge in [-0.2, -0.15) is 5.10 Å². The standard InChI is InChI=1S/C23H23N3O4S2/c1-3-30-17-9-6-8-16(14-17)21-15-20(24-26(21)23(27)22-12-7-13-31-22)18-10-4-5-11-19(18)25-32(2,28)29/h4-14,21,25H,3,15H2,1-2H3/t21-/m0/s1. The number of para-hydroxylation sites is 1. The van der Waals surface area contributed by atoms with Gasteiger partial charge in [0, 0.05) is 12.0 Å². The van der Waals surface area contributed by atoms with E-state index in [0.717, 1.165) is 17.6 Å². The molecule has 1 atom stereocenters. The summed E-state index contributed by atoms with van der Waals surface area (Å²) in [6.45, 7) is 2.46. The van der Waals surface area contributed by atoms with Crippen molar-refractivity contribution in [3.63, 3.8) is 0 Å². The predicted octanol–water partition coefficient (Wildman–Crippen LogP) is 4.51. The third-order valence-corrected chi connectivity index (χ3v) is 6.39. The van der Waals surface area contributed by atoms with Crippen LogP contribution in [-0.4, -0.2) is 37.9 Å². The molecule has 32 heavy (non-hydrogen) atoms. The van der Waals surface area contributed by atoms with Gasteiger partial charge in [0.25, 0.3) is 5.91 Å². The summed E-state index contributed by atoms with van der Waals surface area (Å²) in [7, 11) is -3.47. The fraction of sp³-hybridized carbons (Fsp3) is 0.217. The Morgan fingerprint density at radius 1 is 1.19 bits per heavy atom. The van der Waals surface area contributed by atoms with E-state index < -0.39 is 10.0 Å². The Morgan fingerprint density at radius 2 is 2.00 bits per heavy atom. The first-order valence-electron chi connectivity index (χ1n) is 10.1. The molecule has 3 aromatic rings. The normalized spacial score (nSPS) is 16.0. The summed E-state index contributed by atoms with van der Waals surface area (Å²) in [4.78, 5) is 13.9. The number of nitrogens with one attached hydrogen (secondary N) is 1. The molecule has 0 unspecified atom stereocenters. The molecule has 1 aliphatic heterocycles. The minimum absolute atomic E-state index is 0.199. The number of nitrogens with zero attached hydrogens (tertiary/aromatic N) is 2. The molecule has 4 rings (SSSR count). The lowest BCUT2D eigenvalue weighted by Crippen LogP contribution is -2.26. The fourth-order valence-electron chi connectivity index (χ4n) is 3.63. The summed E-state index contributed by atoms with van der Waals surface area (Å²) in [6.07, 6.45) is 1.55. The molecule has 1 aliphatic rings. The highest BCUT2D eigenvalue weighted by atomic mass is 32.2. The highest BCUT2D eigenvalue weighted by Crippen LogP contribution is 2.37. The average Bonchev–Trinajstić information content (AvgIpc) is 3.44. The van der Waals surface area contributed by atoms with Crippen molar-refractivity contribution in [1.82, 2.24) is 5.01 Å². The number of benzene rings is 2. The topological polar surface area (TPSA) is 88.1 Å². The molecule has 166 valence electrons. The monoisotopic (exact) mass is 469 g/mol. The summed E-state index contributed by atoms with van der Waals surface area (Å²) in [5.41, 5.74) is 2.60. The molecule has 0 radical (unpaired) electrons. The van der Waals surface area contributed by atoms with Gasteiger partial charge < -0.3 is 4.74 Å². The lowest BCUT2D eigenvalue weighted by Gasteiger charge is -2.22. The first-order valence-corrected chi connectivity index (χ1v) is 12.9. The minimum atomic E-state index is -3.47. The van der Waals surface area contributed by atoms with Crippen LogP contribution < -0.4 is 9.46 Å². The van der Waals surface area contributed by atoms with Crippen LogP contribution in [0.1, 0.15) is 40.2 Å². The smallest absolute Gasteiger partial charge is 0.284 e. The molecule has 1 aromatic heterocycles. The number of rotatable bonds is 7. The largest absolute Gasteiger partial charge is 0.494 e. The van der Waals surface area contributed by atoms with Crippen molar-refractivity contribution in [2.45, 2.75) is 19.4 Å². The van der Waals surface area contributed by atoms with Crippen LogP contribution in [0.3, 0.4) is 0 Å². The Labute approximate surface area is 191 Å². The zero-order valence-electron chi connectivity index (χ0n) is 17.7. The van der Waals surface area contributed by atoms with Crippen molar-refractivity contribution < 1.29 is 17.9 Å². The van der Waals surface area contributed by atoms with Crippen molar-refractivity contribution in [3.8, 4) is 5.75 Å². The lowest BCUT2D eigenvalue weighted by molar-refractivity contribution is 0.0716. The van der Waals surface area contributed by atoms with E-state index in [1.54, 1.807) is 24.3 Å². The van der Waals surface area contributed by atoms with Gasteiger partial charge in [0.1, 0.15) is 5.75 Å². The van der Waals surface area contributed by atoms with Crippen LogP contribution in [-0.2, 0) is 10.0 Å². The van der Waals surface area contributed by atoms with Gasteiger partial charge in [-0.3, -0.25) is 9.52 Å². The van der Waals surface area contributed by atoms with Crippen molar-refractivity contribution in [2.75, 3.05) is 17.6 Å². The molecule has 0 spiro atoms. The van der Waals surface area contributed by atoms with Gasteiger partial charge in [0.15, 0.2) is 0 Å². The van der Waals surface area contributed by atoms with E-state index in [4.69, 9.17) is 4.74 Å². The van der Waals surface area contributed by atoms with E-state index in [9.17, 15) is 13.2 Å². The Kier molecular flexibility index (Phi) is 6.29. The van der Waals surface area contributed by atoms with Gasteiger partial charge in [-0.05, 0) is 42.1 Å². The van der Waals surface area contributed by atoms with E-state index in [2.05, 4.69) is 9.82 Å². The fourth-order valence-corrected chi connectivity index (χ4v) is 4.87. The Morgan fingerprint density at radius 3 is 2.72 bits per heavy atom. The number of thiophene rings is 1. The average molecular weight is 470 g/mol. The molecule has 7 nitrogen and oxygen atoms in total. The van der Waals surface area contributed by atoms with Gasteiger partial charge in [-0.1, -0.05) is 36.4 Å². The van der Waals surface area contributed by atoms with E-state index in [0.29, 0.717) is 34.9 Å². The number of hydrogen-bond donors (Lipinski definition) is 1. The quantitative estimate of drug-likeness (QED) is 0.551. The number of sulfonamides is 1. The van der Waals surface area contributed by atoms with Crippen LogP contribution in [0.2, 0.25) is 0 Å². The lowest BCUT2D eigenvalue weighted by atomic mass is 9.97. The Balaban J connectivity index is 1.75. The summed E-state index contributed by atoms with van der Waals surface area (Å²) < 4.78 is 31.9. The SMILES string of the molecule is CCOc1cccc([C@@H]2CC(c3ccccc3NS(C)(=O)=O)=NN2C(=O)c2cccs2)c1. The number of carbonyl (C=O) groups is 1. The van der Waals surface area contributed by atoms with Crippen LogP contribution in [0, 0.1) is 0 Å². The van der Waals surface area contributed by atoms with Crippen molar-refractivity contribution >= 4 is 38.7 Å². The van der Waals surface area contributed by atoms with Gasteiger partial charge in [-0.25, -0.2) is 13.4 Å². The highest BCUT2D eigenvalue weighted by Gasteiger charge is 2.35. The second kappa shape index (κ2) is 9.13. The maximum Gasteiger partial charge on any atom is 0.284 e. The number of hydrazone groups is 1. The summed E-state index contributed by atoms with van der Waals surface area (Å²) in [5, 5.41) is 8.01. The Bertz CT molecular complexity index is 1250.